The summed E-state index contributed by atoms with van der Waals surface area (Å²) >= 11 is 1.72. The molecule has 6 heteroatoms. The summed E-state index contributed by atoms with van der Waals surface area (Å²) in [7, 11) is 0. The van der Waals surface area contributed by atoms with E-state index in [1.54, 1.807) is 16.4 Å². The van der Waals surface area contributed by atoms with E-state index in [0.29, 0.717) is 0 Å². The molecule has 1 aromatic heterocycles. The predicted molar refractivity (Wildman–Crippen MR) is 73.0 cm³/mol. The van der Waals surface area contributed by atoms with E-state index in [4.69, 9.17) is 0 Å². The highest BCUT2D eigenvalue weighted by atomic mass is 32.2. The third kappa shape index (κ3) is 2.70. The summed E-state index contributed by atoms with van der Waals surface area (Å²) < 4.78 is 1.78. The summed E-state index contributed by atoms with van der Waals surface area (Å²) in [6.07, 6.45) is 2.06. The fourth-order valence-corrected chi connectivity index (χ4v) is 2.18. The Labute approximate surface area is 111 Å². The second-order valence-corrected chi connectivity index (χ2v) is 4.81. The maximum Gasteiger partial charge on any atom is 0.173 e. The minimum atomic E-state index is 0.130. The van der Waals surface area contributed by atoms with Gasteiger partial charge in [-0.15, -0.1) is 16.9 Å². The van der Waals surface area contributed by atoms with Crippen LogP contribution in [-0.4, -0.2) is 33.0 Å². The number of hydrogen-bond donors (Lipinski definition) is 1. The van der Waals surface area contributed by atoms with Gasteiger partial charge >= 0.3 is 0 Å². The molecule has 0 aliphatic carbocycles. The Morgan fingerprint density at radius 2 is 2.06 bits per heavy atom. The van der Waals surface area contributed by atoms with Crippen molar-refractivity contribution >= 4 is 11.8 Å². The molecule has 0 saturated carbocycles. The standard InChI is InChI=1S/C12H17N5S/c1-4-13-9(2)12-14-15-16-17(12)10-5-7-11(18-3)8-6-10/h5-9,13H,4H2,1-3H3. The fourth-order valence-electron chi connectivity index (χ4n) is 1.77. The molecule has 1 aromatic carbocycles. The van der Waals surface area contributed by atoms with E-state index in [1.165, 1.54) is 4.90 Å². The van der Waals surface area contributed by atoms with E-state index < -0.39 is 0 Å². The lowest BCUT2D eigenvalue weighted by Gasteiger charge is -2.12. The van der Waals surface area contributed by atoms with Crippen LogP contribution in [0.4, 0.5) is 0 Å². The lowest BCUT2D eigenvalue weighted by atomic mass is 10.3. The maximum absolute atomic E-state index is 4.09. The van der Waals surface area contributed by atoms with Gasteiger partial charge in [-0.05, 0) is 54.4 Å². The number of aromatic nitrogens is 4. The highest BCUT2D eigenvalue weighted by Crippen LogP contribution is 2.18. The number of tetrazole rings is 1. The molecule has 5 nitrogen and oxygen atoms in total. The Balaban J connectivity index is 2.29. The van der Waals surface area contributed by atoms with Crippen LogP contribution in [0.25, 0.3) is 5.69 Å². The van der Waals surface area contributed by atoms with Crippen LogP contribution in [0.15, 0.2) is 29.2 Å². The molecule has 0 fully saturated rings. The largest absolute Gasteiger partial charge is 0.308 e. The third-order valence-electron chi connectivity index (χ3n) is 2.71. The average Bonchev–Trinajstić information content (AvgIpc) is 2.88. The molecule has 1 atom stereocenters. The summed E-state index contributed by atoms with van der Waals surface area (Å²) in [5, 5.41) is 15.2. The zero-order valence-corrected chi connectivity index (χ0v) is 11.6. The number of nitrogens with one attached hydrogen (secondary N) is 1. The molecule has 0 aliphatic rings. The van der Waals surface area contributed by atoms with Gasteiger partial charge in [0.15, 0.2) is 5.82 Å². The molecule has 0 amide bonds. The minimum absolute atomic E-state index is 0.130. The van der Waals surface area contributed by atoms with Gasteiger partial charge in [0, 0.05) is 4.90 Å². The lowest BCUT2D eigenvalue weighted by molar-refractivity contribution is 0.550. The normalized spacial score (nSPS) is 12.6. The summed E-state index contributed by atoms with van der Waals surface area (Å²) in [5.74, 6) is 0.828. The van der Waals surface area contributed by atoms with Gasteiger partial charge in [0.25, 0.3) is 0 Å². The van der Waals surface area contributed by atoms with Gasteiger partial charge < -0.3 is 5.32 Å². The quantitative estimate of drug-likeness (QED) is 0.837. The van der Waals surface area contributed by atoms with Gasteiger partial charge in [-0.2, -0.15) is 4.68 Å². The summed E-state index contributed by atoms with van der Waals surface area (Å²) in [6, 6.07) is 8.34. The van der Waals surface area contributed by atoms with Crippen LogP contribution in [0, 0.1) is 0 Å². The van der Waals surface area contributed by atoms with E-state index in [1.807, 2.05) is 12.1 Å². The predicted octanol–water partition coefficient (Wildman–Crippen LogP) is 2.05. The Morgan fingerprint density at radius 1 is 1.33 bits per heavy atom. The molecule has 1 heterocycles. The second kappa shape index (κ2) is 5.97. The van der Waals surface area contributed by atoms with Crippen molar-refractivity contribution < 1.29 is 0 Å². The molecule has 1 unspecified atom stereocenters. The monoisotopic (exact) mass is 263 g/mol. The van der Waals surface area contributed by atoms with Gasteiger partial charge in [0.05, 0.1) is 11.7 Å². The van der Waals surface area contributed by atoms with Crippen molar-refractivity contribution in [1.29, 1.82) is 0 Å². The Morgan fingerprint density at radius 3 is 2.67 bits per heavy atom. The minimum Gasteiger partial charge on any atom is -0.308 e. The van der Waals surface area contributed by atoms with E-state index in [-0.39, 0.29) is 6.04 Å². The molecule has 0 saturated heterocycles. The van der Waals surface area contributed by atoms with E-state index in [2.05, 4.69) is 53.1 Å². The first-order valence-electron chi connectivity index (χ1n) is 5.92. The molecular formula is C12H17N5S. The molecule has 1 N–H and O–H groups in total. The van der Waals surface area contributed by atoms with Crippen molar-refractivity contribution in [2.45, 2.75) is 24.8 Å². The first-order chi connectivity index (χ1) is 8.76. The summed E-state index contributed by atoms with van der Waals surface area (Å²) in [4.78, 5) is 1.23. The molecule has 2 rings (SSSR count). The van der Waals surface area contributed by atoms with Gasteiger partial charge in [-0.3, -0.25) is 0 Å². The fraction of sp³-hybridized carbons (Fsp3) is 0.417. The van der Waals surface area contributed by atoms with Crippen molar-refractivity contribution in [2.75, 3.05) is 12.8 Å². The number of hydrogen-bond acceptors (Lipinski definition) is 5. The molecule has 0 radical (unpaired) electrons. The highest BCUT2D eigenvalue weighted by Gasteiger charge is 2.14. The van der Waals surface area contributed by atoms with Crippen molar-refractivity contribution in [2.24, 2.45) is 0 Å². The van der Waals surface area contributed by atoms with Gasteiger partial charge in [-0.1, -0.05) is 6.92 Å². The Bertz CT molecular complexity index is 493. The van der Waals surface area contributed by atoms with Crippen molar-refractivity contribution in [3.63, 3.8) is 0 Å². The maximum atomic E-state index is 4.09. The van der Waals surface area contributed by atoms with Crippen LogP contribution in [-0.2, 0) is 0 Å². The van der Waals surface area contributed by atoms with Gasteiger partial charge in [0.1, 0.15) is 0 Å². The van der Waals surface area contributed by atoms with Crippen molar-refractivity contribution in [3.8, 4) is 5.69 Å². The first kappa shape index (κ1) is 13.0. The third-order valence-corrected chi connectivity index (χ3v) is 3.45. The molecule has 96 valence electrons. The number of nitrogens with zero attached hydrogens (tertiary/aromatic N) is 4. The zero-order valence-electron chi connectivity index (χ0n) is 10.8. The SMILES string of the molecule is CCNC(C)c1nnnn1-c1ccc(SC)cc1. The smallest absolute Gasteiger partial charge is 0.173 e. The van der Waals surface area contributed by atoms with E-state index in [9.17, 15) is 0 Å². The van der Waals surface area contributed by atoms with Crippen LogP contribution in [0.2, 0.25) is 0 Å². The topological polar surface area (TPSA) is 55.6 Å². The molecule has 0 spiro atoms. The highest BCUT2D eigenvalue weighted by molar-refractivity contribution is 7.98. The van der Waals surface area contributed by atoms with Crippen LogP contribution in [0.5, 0.6) is 0 Å². The van der Waals surface area contributed by atoms with Crippen LogP contribution < -0.4 is 5.32 Å². The molecule has 0 aliphatic heterocycles. The van der Waals surface area contributed by atoms with Gasteiger partial charge in [-0.25, -0.2) is 0 Å². The van der Waals surface area contributed by atoms with Crippen LogP contribution >= 0.6 is 11.8 Å². The average molecular weight is 263 g/mol. The molecule has 0 bridgehead atoms. The van der Waals surface area contributed by atoms with Crippen LogP contribution in [0.3, 0.4) is 0 Å². The summed E-state index contributed by atoms with van der Waals surface area (Å²) in [6.45, 7) is 5.01. The van der Waals surface area contributed by atoms with E-state index in [0.717, 1.165) is 18.1 Å². The van der Waals surface area contributed by atoms with E-state index >= 15 is 0 Å². The molecule has 18 heavy (non-hydrogen) atoms. The van der Waals surface area contributed by atoms with Crippen molar-refractivity contribution in [3.05, 3.63) is 30.1 Å². The number of rotatable bonds is 5. The van der Waals surface area contributed by atoms with Crippen molar-refractivity contribution in [1.82, 2.24) is 25.5 Å². The summed E-state index contributed by atoms with van der Waals surface area (Å²) in [5.41, 5.74) is 0.984. The molecule has 2 aromatic rings. The van der Waals surface area contributed by atoms with Gasteiger partial charge in [0.2, 0.25) is 0 Å². The second-order valence-electron chi connectivity index (χ2n) is 3.93. The number of thioether (sulfide) groups is 1. The first-order valence-corrected chi connectivity index (χ1v) is 7.14. The molecular weight excluding hydrogens is 246 g/mol. The van der Waals surface area contributed by atoms with Crippen LogP contribution in [0.1, 0.15) is 25.7 Å². The lowest BCUT2D eigenvalue weighted by Crippen LogP contribution is -2.21. The number of benzene rings is 1. The zero-order chi connectivity index (χ0) is 13.0. The Kier molecular flexibility index (Phi) is 4.33. The Hall–Kier alpha value is -1.40.